The Hall–Kier alpha value is -1.88. The minimum atomic E-state index is -0.222. The molecule has 1 aliphatic rings. The zero-order chi connectivity index (χ0) is 13.8. The highest BCUT2D eigenvalue weighted by Gasteiger charge is 2.15. The minimum absolute atomic E-state index is 0.222. The summed E-state index contributed by atoms with van der Waals surface area (Å²) in [5.74, 6) is 1.13. The fraction of sp³-hybridized carbons (Fsp3) is 0.400. The number of ether oxygens (including phenoxy) is 1. The zero-order valence-electron chi connectivity index (χ0n) is 11.3. The van der Waals surface area contributed by atoms with Crippen LogP contribution in [0.25, 0.3) is 0 Å². The predicted octanol–water partition coefficient (Wildman–Crippen LogP) is 2.06. The van der Waals surface area contributed by atoms with Gasteiger partial charge in [0.1, 0.15) is 5.82 Å². The van der Waals surface area contributed by atoms with Crippen LogP contribution in [0.3, 0.4) is 0 Å². The van der Waals surface area contributed by atoms with E-state index in [1.165, 1.54) is 12.1 Å². The molecule has 106 valence electrons. The summed E-state index contributed by atoms with van der Waals surface area (Å²) in [6, 6.07) is 6.55. The summed E-state index contributed by atoms with van der Waals surface area (Å²) in [5, 5.41) is 7.56. The Labute approximate surface area is 117 Å². The lowest BCUT2D eigenvalue weighted by molar-refractivity contribution is 0.260. The van der Waals surface area contributed by atoms with E-state index in [4.69, 9.17) is 4.74 Å². The molecule has 0 bridgehead atoms. The zero-order valence-corrected chi connectivity index (χ0v) is 11.3. The van der Waals surface area contributed by atoms with Crippen LogP contribution in [-0.4, -0.2) is 29.5 Å². The highest BCUT2D eigenvalue weighted by molar-refractivity contribution is 5.18. The fourth-order valence-corrected chi connectivity index (χ4v) is 2.40. The van der Waals surface area contributed by atoms with Crippen molar-refractivity contribution in [1.82, 2.24) is 15.1 Å². The van der Waals surface area contributed by atoms with Crippen LogP contribution in [0.5, 0.6) is 5.75 Å². The van der Waals surface area contributed by atoms with Gasteiger partial charge in [0.25, 0.3) is 0 Å². The molecule has 0 spiro atoms. The predicted molar refractivity (Wildman–Crippen MR) is 74.2 cm³/mol. The number of benzene rings is 1. The topological polar surface area (TPSA) is 39.1 Å². The van der Waals surface area contributed by atoms with Crippen molar-refractivity contribution in [3.8, 4) is 5.75 Å². The van der Waals surface area contributed by atoms with E-state index in [1.54, 1.807) is 16.9 Å². The number of hydrogen-bond acceptors (Lipinski definition) is 3. The van der Waals surface area contributed by atoms with Crippen LogP contribution < -0.4 is 10.1 Å². The van der Waals surface area contributed by atoms with E-state index in [-0.39, 0.29) is 5.82 Å². The molecule has 1 aliphatic heterocycles. The van der Waals surface area contributed by atoms with Gasteiger partial charge in [-0.2, -0.15) is 5.10 Å². The van der Waals surface area contributed by atoms with Crippen LogP contribution in [0.4, 0.5) is 4.39 Å². The van der Waals surface area contributed by atoms with E-state index in [2.05, 4.69) is 10.4 Å². The van der Waals surface area contributed by atoms with Crippen LogP contribution in [-0.2, 0) is 6.54 Å². The first-order chi connectivity index (χ1) is 9.79. The Morgan fingerprint density at radius 3 is 3.20 bits per heavy atom. The monoisotopic (exact) mass is 275 g/mol. The second kappa shape index (κ2) is 6.05. The van der Waals surface area contributed by atoms with Gasteiger partial charge in [-0.15, -0.1) is 0 Å². The van der Waals surface area contributed by atoms with E-state index < -0.39 is 0 Å². The lowest BCUT2D eigenvalue weighted by atomic mass is 10.1. The molecular weight excluding hydrogens is 257 g/mol. The molecule has 1 N–H and O–H groups in total. The van der Waals surface area contributed by atoms with Crippen LogP contribution in [0.1, 0.15) is 12.0 Å². The van der Waals surface area contributed by atoms with Gasteiger partial charge in [0.15, 0.2) is 5.75 Å². The SMILES string of the molecule is Fc1cccc(Cn2cc(OCC3CCNC3)cn2)c1. The summed E-state index contributed by atoms with van der Waals surface area (Å²) in [7, 11) is 0. The first-order valence-electron chi connectivity index (χ1n) is 6.90. The normalized spacial score (nSPS) is 18.4. The van der Waals surface area contributed by atoms with Crippen molar-refractivity contribution in [2.75, 3.05) is 19.7 Å². The lowest BCUT2D eigenvalue weighted by Crippen LogP contribution is -2.15. The van der Waals surface area contributed by atoms with Crippen molar-refractivity contribution in [1.29, 1.82) is 0 Å². The highest BCUT2D eigenvalue weighted by atomic mass is 19.1. The Bertz CT molecular complexity index is 564. The van der Waals surface area contributed by atoms with Gasteiger partial charge in [-0.25, -0.2) is 4.39 Å². The Balaban J connectivity index is 1.56. The first kappa shape index (κ1) is 13.1. The molecule has 3 rings (SSSR count). The molecule has 0 amide bonds. The maximum Gasteiger partial charge on any atom is 0.157 e. The van der Waals surface area contributed by atoms with Gasteiger partial charge in [-0.05, 0) is 30.7 Å². The Morgan fingerprint density at radius 2 is 2.40 bits per heavy atom. The number of nitrogens with one attached hydrogen (secondary N) is 1. The standard InChI is InChI=1S/C15H18FN3O/c16-14-3-1-2-12(6-14)9-19-10-15(8-18-19)20-11-13-4-5-17-7-13/h1-3,6,8,10,13,17H,4-5,7,9,11H2. The fourth-order valence-electron chi connectivity index (χ4n) is 2.40. The molecule has 2 aromatic rings. The third-order valence-electron chi connectivity index (χ3n) is 3.49. The second-order valence-electron chi connectivity index (χ2n) is 5.17. The van der Waals surface area contributed by atoms with E-state index in [0.717, 1.165) is 37.4 Å². The van der Waals surface area contributed by atoms with Gasteiger partial charge in [0.05, 0.1) is 25.5 Å². The van der Waals surface area contributed by atoms with Crippen molar-refractivity contribution >= 4 is 0 Å². The summed E-state index contributed by atoms with van der Waals surface area (Å²) >= 11 is 0. The van der Waals surface area contributed by atoms with Crippen molar-refractivity contribution in [3.63, 3.8) is 0 Å². The molecule has 1 aromatic heterocycles. The summed E-state index contributed by atoms with van der Waals surface area (Å²) < 4.78 is 20.6. The molecule has 1 fully saturated rings. The van der Waals surface area contributed by atoms with Crippen molar-refractivity contribution in [3.05, 3.63) is 48.0 Å². The average molecular weight is 275 g/mol. The van der Waals surface area contributed by atoms with Crippen molar-refractivity contribution < 1.29 is 9.13 Å². The van der Waals surface area contributed by atoms with E-state index >= 15 is 0 Å². The quantitative estimate of drug-likeness (QED) is 0.908. The Morgan fingerprint density at radius 1 is 1.45 bits per heavy atom. The maximum atomic E-state index is 13.1. The third-order valence-corrected chi connectivity index (χ3v) is 3.49. The number of aromatic nitrogens is 2. The highest BCUT2D eigenvalue weighted by Crippen LogP contribution is 2.14. The van der Waals surface area contributed by atoms with Crippen LogP contribution in [0.15, 0.2) is 36.7 Å². The summed E-state index contributed by atoms with van der Waals surface area (Å²) in [5.41, 5.74) is 0.889. The molecule has 0 saturated carbocycles. The average Bonchev–Trinajstić information content (AvgIpc) is 3.07. The molecule has 4 nitrogen and oxygen atoms in total. The molecule has 0 aliphatic carbocycles. The molecule has 1 aromatic carbocycles. The molecule has 5 heteroatoms. The molecule has 1 saturated heterocycles. The van der Waals surface area contributed by atoms with Crippen molar-refractivity contribution in [2.45, 2.75) is 13.0 Å². The summed E-state index contributed by atoms with van der Waals surface area (Å²) in [6.45, 7) is 3.37. The van der Waals surface area contributed by atoms with Gasteiger partial charge in [0.2, 0.25) is 0 Å². The summed E-state index contributed by atoms with van der Waals surface area (Å²) in [4.78, 5) is 0. The van der Waals surface area contributed by atoms with E-state index in [1.807, 2.05) is 12.3 Å². The lowest BCUT2D eigenvalue weighted by Gasteiger charge is -2.08. The van der Waals surface area contributed by atoms with Crippen molar-refractivity contribution in [2.24, 2.45) is 5.92 Å². The van der Waals surface area contributed by atoms with E-state index in [9.17, 15) is 4.39 Å². The van der Waals surface area contributed by atoms with Crippen LogP contribution >= 0.6 is 0 Å². The molecular formula is C15H18FN3O. The molecule has 0 radical (unpaired) electrons. The summed E-state index contributed by atoms with van der Waals surface area (Å²) in [6.07, 6.45) is 4.73. The smallest absolute Gasteiger partial charge is 0.157 e. The van der Waals surface area contributed by atoms with Crippen LogP contribution in [0, 0.1) is 11.7 Å². The van der Waals surface area contributed by atoms with Crippen LogP contribution in [0.2, 0.25) is 0 Å². The number of halogens is 1. The minimum Gasteiger partial charge on any atom is -0.490 e. The second-order valence-corrected chi connectivity index (χ2v) is 5.17. The van der Waals surface area contributed by atoms with Gasteiger partial charge in [-0.1, -0.05) is 12.1 Å². The Kier molecular flexibility index (Phi) is 3.97. The van der Waals surface area contributed by atoms with Gasteiger partial charge in [0, 0.05) is 12.5 Å². The molecule has 20 heavy (non-hydrogen) atoms. The van der Waals surface area contributed by atoms with Gasteiger partial charge in [-0.3, -0.25) is 4.68 Å². The molecule has 2 heterocycles. The number of hydrogen-bond donors (Lipinski definition) is 1. The van der Waals surface area contributed by atoms with Gasteiger partial charge < -0.3 is 10.1 Å². The van der Waals surface area contributed by atoms with E-state index in [0.29, 0.717) is 12.5 Å². The number of rotatable bonds is 5. The first-order valence-corrected chi connectivity index (χ1v) is 6.90. The largest absolute Gasteiger partial charge is 0.490 e. The third kappa shape index (κ3) is 3.36. The molecule has 1 unspecified atom stereocenters. The molecule has 1 atom stereocenters. The maximum absolute atomic E-state index is 13.1. The number of nitrogens with zero attached hydrogens (tertiary/aromatic N) is 2. The van der Waals surface area contributed by atoms with Gasteiger partial charge >= 0.3 is 0 Å².